The minimum Gasteiger partial charge on any atom is -0.507 e. The molecule has 0 aliphatic carbocycles. The van der Waals surface area contributed by atoms with Crippen molar-refractivity contribution < 1.29 is 19.4 Å². The largest absolute Gasteiger partial charge is 0.507 e. The second-order valence-corrected chi connectivity index (χ2v) is 3.96. The molecule has 0 radical (unpaired) electrons. The second-order valence-electron chi connectivity index (χ2n) is 3.53. The van der Waals surface area contributed by atoms with Crippen LogP contribution in [0.25, 0.3) is 0 Å². The number of hydrogen-bond donors (Lipinski definition) is 1. The summed E-state index contributed by atoms with van der Waals surface area (Å²) in [5.41, 5.74) is -0.0657. The number of aromatic hydroxyl groups is 1. The first-order valence-electron chi connectivity index (χ1n) is 4.77. The Morgan fingerprint density at radius 3 is 2.65 bits per heavy atom. The highest BCUT2D eigenvalue weighted by atomic mass is 35.5. The molecule has 1 N–H and O–H groups in total. The molecule has 0 atom stereocenters. The van der Waals surface area contributed by atoms with Crippen LogP contribution in [0.4, 0.5) is 0 Å². The molecule has 1 amide bonds. The first-order valence-corrected chi connectivity index (χ1v) is 5.15. The lowest BCUT2D eigenvalue weighted by molar-refractivity contribution is -0.131. The van der Waals surface area contributed by atoms with E-state index in [1.807, 2.05) is 0 Å². The lowest BCUT2D eigenvalue weighted by Crippen LogP contribution is -2.27. The molecular formula is C11H12ClNO4. The molecule has 0 aliphatic heterocycles. The molecule has 0 saturated carbocycles. The highest BCUT2D eigenvalue weighted by Gasteiger charge is 2.15. The number of benzene rings is 1. The fourth-order valence-corrected chi connectivity index (χ4v) is 1.18. The summed E-state index contributed by atoms with van der Waals surface area (Å²) in [7, 11) is 3.10. The summed E-state index contributed by atoms with van der Waals surface area (Å²) < 4.78 is 4.74. The van der Waals surface area contributed by atoms with Gasteiger partial charge in [0.25, 0.3) is 5.91 Å². The number of rotatable bonds is 3. The number of phenolic OH excluding ortho intramolecular Hbond substituents is 1. The Morgan fingerprint density at radius 2 is 2.06 bits per heavy atom. The van der Waals surface area contributed by atoms with E-state index < -0.39 is 5.97 Å². The molecule has 1 aromatic rings. The summed E-state index contributed by atoms with van der Waals surface area (Å²) in [6, 6.07) is 4.00. The minimum absolute atomic E-state index is 0.0657. The van der Waals surface area contributed by atoms with Crippen LogP contribution >= 0.6 is 11.6 Å². The van der Waals surface area contributed by atoms with Gasteiger partial charge in [-0.25, -0.2) is 4.79 Å². The SMILES string of the molecule is CN(C)C(=O)COC(=O)c1cc(Cl)ccc1O. The van der Waals surface area contributed by atoms with Gasteiger partial charge in [-0.15, -0.1) is 0 Å². The number of halogens is 1. The van der Waals surface area contributed by atoms with Crippen LogP contribution in [0.5, 0.6) is 5.75 Å². The zero-order chi connectivity index (χ0) is 13.0. The molecule has 6 heteroatoms. The maximum Gasteiger partial charge on any atom is 0.342 e. The molecule has 0 fully saturated rings. The lowest BCUT2D eigenvalue weighted by atomic mass is 10.2. The predicted octanol–water partition coefficient (Wildman–Crippen LogP) is 1.29. The normalized spacial score (nSPS) is 9.82. The van der Waals surface area contributed by atoms with Crippen molar-refractivity contribution in [3.8, 4) is 5.75 Å². The Balaban J connectivity index is 2.70. The van der Waals surface area contributed by atoms with E-state index in [1.165, 1.54) is 23.1 Å². The number of amides is 1. The van der Waals surface area contributed by atoms with Crippen molar-refractivity contribution in [2.75, 3.05) is 20.7 Å². The van der Waals surface area contributed by atoms with E-state index in [2.05, 4.69) is 0 Å². The molecule has 0 saturated heterocycles. The third kappa shape index (κ3) is 3.64. The highest BCUT2D eigenvalue weighted by Crippen LogP contribution is 2.22. The molecule has 0 spiro atoms. The van der Waals surface area contributed by atoms with Gasteiger partial charge in [-0.05, 0) is 18.2 Å². The van der Waals surface area contributed by atoms with Crippen LogP contribution in [0.15, 0.2) is 18.2 Å². The number of carbonyl (C=O) groups is 2. The number of esters is 1. The topological polar surface area (TPSA) is 66.8 Å². The van der Waals surface area contributed by atoms with Crippen LogP contribution in [-0.2, 0) is 9.53 Å². The van der Waals surface area contributed by atoms with Crippen molar-refractivity contribution in [2.24, 2.45) is 0 Å². The first-order chi connectivity index (χ1) is 7.91. The van der Waals surface area contributed by atoms with Crippen LogP contribution in [0, 0.1) is 0 Å². The van der Waals surface area contributed by atoms with Gasteiger partial charge in [0, 0.05) is 19.1 Å². The van der Waals surface area contributed by atoms with E-state index in [1.54, 1.807) is 14.1 Å². The van der Waals surface area contributed by atoms with E-state index in [9.17, 15) is 14.7 Å². The van der Waals surface area contributed by atoms with Crippen molar-refractivity contribution in [2.45, 2.75) is 0 Å². The summed E-state index contributed by atoms with van der Waals surface area (Å²) in [6.45, 7) is -0.377. The standard InChI is InChI=1S/C11H12ClNO4/c1-13(2)10(15)6-17-11(16)8-5-7(12)3-4-9(8)14/h3-5,14H,6H2,1-2H3. The molecule has 0 heterocycles. The number of hydrogen-bond acceptors (Lipinski definition) is 4. The van der Waals surface area contributed by atoms with Crippen LogP contribution in [-0.4, -0.2) is 42.6 Å². The van der Waals surface area contributed by atoms with Gasteiger partial charge in [0.1, 0.15) is 11.3 Å². The van der Waals surface area contributed by atoms with E-state index in [0.29, 0.717) is 5.02 Å². The molecule has 92 valence electrons. The summed E-state index contributed by atoms with van der Waals surface area (Å²) in [4.78, 5) is 24.0. The Hall–Kier alpha value is -1.75. The van der Waals surface area contributed by atoms with Gasteiger partial charge in [0.15, 0.2) is 6.61 Å². The Kier molecular flexibility index (Phi) is 4.34. The number of carbonyl (C=O) groups excluding carboxylic acids is 2. The molecular weight excluding hydrogens is 246 g/mol. The number of phenols is 1. The Morgan fingerprint density at radius 1 is 1.41 bits per heavy atom. The average molecular weight is 258 g/mol. The third-order valence-electron chi connectivity index (χ3n) is 2.00. The van der Waals surface area contributed by atoms with E-state index in [4.69, 9.17) is 16.3 Å². The van der Waals surface area contributed by atoms with Crippen LogP contribution in [0.2, 0.25) is 5.02 Å². The van der Waals surface area contributed by atoms with Gasteiger partial charge in [-0.1, -0.05) is 11.6 Å². The van der Waals surface area contributed by atoms with E-state index >= 15 is 0 Å². The van der Waals surface area contributed by atoms with Gasteiger partial charge in [-0.2, -0.15) is 0 Å². The second kappa shape index (κ2) is 5.54. The molecule has 0 unspecified atom stereocenters. The Labute approximate surface area is 104 Å². The fourth-order valence-electron chi connectivity index (χ4n) is 1.01. The molecule has 1 aromatic carbocycles. The number of likely N-dealkylation sites (N-methyl/N-ethyl adjacent to an activating group) is 1. The third-order valence-corrected chi connectivity index (χ3v) is 2.24. The van der Waals surface area contributed by atoms with Crippen molar-refractivity contribution in [1.29, 1.82) is 0 Å². The molecule has 0 aromatic heterocycles. The zero-order valence-electron chi connectivity index (χ0n) is 9.44. The molecule has 5 nitrogen and oxygen atoms in total. The monoisotopic (exact) mass is 257 g/mol. The smallest absolute Gasteiger partial charge is 0.342 e. The zero-order valence-corrected chi connectivity index (χ0v) is 10.2. The maximum atomic E-state index is 11.5. The Bertz CT molecular complexity index is 445. The van der Waals surface area contributed by atoms with E-state index in [0.717, 1.165) is 0 Å². The average Bonchev–Trinajstić information content (AvgIpc) is 2.28. The van der Waals surface area contributed by atoms with Gasteiger partial charge < -0.3 is 14.7 Å². The van der Waals surface area contributed by atoms with Crippen LogP contribution in [0.1, 0.15) is 10.4 Å². The molecule has 0 bridgehead atoms. The van der Waals surface area contributed by atoms with Crippen molar-refractivity contribution in [1.82, 2.24) is 4.90 Å². The summed E-state index contributed by atoms with van der Waals surface area (Å²) in [5, 5.41) is 9.72. The number of nitrogens with zero attached hydrogens (tertiary/aromatic N) is 1. The van der Waals surface area contributed by atoms with Crippen molar-refractivity contribution in [3.05, 3.63) is 28.8 Å². The summed E-state index contributed by atoms with van der Waals surface area (Å²) in [5.74, 6) is -1.38. The van der Waals surface area contributed by atoms with Gasteiger partial charge in [-0.3, -0.25) is 4.79 Å². The van der Waals surface area contributed by atoms with Gasteiger partial charge in [0.2, 0.25) is 0 Å². The first kappa shape index (κ1) is 13.3. The van der Waals surface area contributed by atoms with Gasteiger partial charge in [0.05, 0.1) is 0 Å². The summed E-state index contributed by atoms with van der Waals surface area (Å²) in [6.07, 6.45) is 0. The maximum absolute atomic E-state index is 11.5. The van der Waals surface area contributed by atoms with Crippen LogP contribution in [0.3, 0.4) is 0 Å². The quantitative estimate of drug-likeness (QED) is 0.829. The minimum atomic E-state index is -0.791. The van der Waals surface area contributed by atoms with Gasteiger partial charge >= 0.3 is 5.97 Å². The predicted molar refractivity (Wildman–Crippen MR) is 62.1 cm³/mol. The van der Waals surface area contributed by atoms with Crippen molar-refractivity contribution >= 4 is 23.5 Å². The molecule has 0 aliphatic rings. The lowest BCUT2D eigenvalue weighted by Gasteiger charge is -2.10. The molecule has 1 rings (SSSR count). The number of ether oxygens (including phenoxy) is 1. The van der Waals surface area contributed by atoms with Crippen molar-refractivity contribution in [3.63, 3.8) is 0 Å². The van der Waals surface area contributed by atoms with Crippen LogP contribution < -0.4 is 0 Å². The fraction of sp³-hybridized carbons (Fsp3) is 0.273. The highest BCUT2D eigenvalue weighted by molar-refractivity contribution is 6.31. The molecule has 17 heavy (non-hydrogen) atoms. The summed E-state index contributed by atoms with van der Waals surface area (Å²) >= 11 is 5.68. The van der Waals surface area contributed by atoms with E-state index in [-0.39, 0.29) is 23.8 Å².